The van der Waals surface area contributed by atoms with Gasteiger partial charge in [-0.2, -0.15) is 0 Å². The van der Waals surface area contributed by atoms with E-state index in [-0.39, 0.29) is 12.1 Å². The number of carbonyl (C=O) groups is 1. The van der Waals surface area contributed by atoms with Gasteiger partial charge in [0.25, 0.3) is 0 Å². The van der Waals surface area contributed by atoms with Crippen LogP contribution in [-0.4, -0.2) is 42.8 Å². The van der Waals surface area contributed by atoms with Gasteiger partial charge in [-0.15, -0.1) is 0 Å². The highest BCUT2D eigenvalue weighted by atomic mass is 79.9. The monoisotopic (exact) mass is 370 g/mol. The van der Waals surface area contributed by atoms with Crippen molar-refractivity contribution in [1.29, 1.82) is 0 Å². The van der Waals surface area contributed by atoms with Gasteiger partial charge in [0.15, 0.2) is 0 Å². The molecule has 0 bridgehead atoms. The van der Waals surface area contributed by atoms with E-state index < -0.39 is 5.60 Å². The summed E-state index contributed by atoms with van der Waals surface area (Å²) < 4.78 is 11.7. The van der Waals surface area contributed by atoms with Gasteiger partial charge in [-0.25, -0.2) is 4.79 Å². The number of likely N-dealkylation sites (tertiary alicyclic amines) is 1. The van der Waals surface area contributed by atoms with E-state index in [0.717, 1.165) is 15.8 Å². The van der Waals surface area contributed by atoms with Gasteiger partial charge in [-0.05, 0) is 39.0 Å². The Balaban J connectivity index is 1.79. The Bertz CT molecular complexity index is 537. The average Bonchev–Trinajstić information content (AvgIpc) is 2.34. The van der Waals surface area contributed by atoms with Crippen LogP contribution < -0.4 is 10.1 Å². The van der Waals surface area contributed by atoms with E-state index in [2.05, 4.69) is 21.2 Å². The summed E-state index contributed by atoms with van der Waals surface area (Å²) in [5.74, 6) is 0.860. The first-order valence-electron chi connectivity index (χ1n) is 7.32. The summed E-state index contributed by atoms with van der Waals surface area (Å²) in [5, 5.41) is 3.43. The number of amides is 1. The predicted octanol–water partition coefficient (Wildman–Crippen LogP) is 3.17. The third kappa shape index (κ3) is 4.61. The van der Waals surface area contributed by atoms with Crippen LogP contribution >= 0.6 is 15.9 Å². The summed E-state index contributed by atoms with van der Waals surface area (Å²) in [5.41, 5.74) is 0.645. The number of hydrogen-bond donors (Lipinski definition) is 1. The molecule has 1 fully saturated rings. The smallest absolute Gasteiger partial charge is 0.410 e. The lowest BCUT2D eigenvalue weighted by atomic mass is 10.1. The van der Waals surface area contributed by atoms with Crippen molar-refractivity contribution in [3.05, 3.63) is 28.2 Å². The van der Waals surface area contributed by atoms with Gasteiger partial charge < -0.3 is 19.7 Å². The molecule has 0 radical (unpaired) electrons. The van der Waals surface area contributed by atoms with Crippen molar-refractivity contribution >= 4 is 22.0 Å². The molecule has 1 N–H and O–H groups in total. The topological polar surface area (TPSA) is 50.8 Å². The number of methoxy groups -OCH3 is 1. The average molecular weight is 371 g/mol. The van der Waals surface area contributed by atoms with Gasteiger partial charge in [0.1, 0.15) is 11.4 Å². The number of nitrogens with one attached hydrogen (secondary N) is 1. The van der Waals surface area contributed by atoms with Crippen molar-refractivity contribution in [3.63, 3.8) is 0 Å². The molecule has 1 aliphatic heterocycles. The minimum atomic E-state index is -0.445. The first-order chi connectivity index (χ1) is 10.3. The standard InChI is InChI=1S/C16H23BrN2O3/c1-16(2,3)22-15(20)19-9-13(10-19)18-8-11-7-12(17)5-6-14(11)21-4/h5-7,13,18H,8-10H2,1-4H3. The quantitative estimate of drug-likeness (QED) is 0.884. The van der Waals surface area contributed by atoms with Crippen LogP contribution in [0.2, 0.25) is 0 Å². The first-order valence-corrected chi connectivity index (χ1v) is 8.11. The zero-order valence-corrected chi connectivity index (χ0v) is 15.1. The summed E-state index contributed by atoms with van der Waals surface area (Å²) >= 11 is 3.47. The van der Waals surface area contributed by atoms with Gasteiger partial charge in [0.2, 0.25) is 0 Å². The summed E-state index contributed by atoms with van der Waals surface area (Å²) in [7, 11) is 1.67. The van der Waals surface area contributed by atoms with Crippen LogP contribution in [0.15, 0.2) is 22.7 Å². The molecular formula is C16H23BrN2O3. The second-order valence-corrected chi connectivity index (χ2v) is 7.33. The van der Waals surface area contributed by atoms with Crippen molar-refractivity contribution in [3.8, 4) is 5.75 Å². The van der Waals surface area contributed by atoms with Crippen LogP contribution in [0.25, 0.3) is 0 Å². The van der Waals surface area contributed by atoms with E-state index in [1.165, 1.54) is 0 Å². The molecule has 0 spiro atoms. The van der Waals surface area contributed by atoms with E-state index in [4.69, 9.17) is 9.47 Å². The van der Waals surface area contributed by atoms with E-state index in [1.807, 2.05) is 39.0 Å². The molecule has 0 saturated carbocycles. The molecule has 5 nitrogen and oxygen atoms in total. The number of benzene rings is 1. The molecule has 122 valence electrons. The molecule has 1 aliphatic rings. The highest BCUT2D eigenvalue weighted by molar-refractivity contribution is 9.10. The lowest BCUT2D eigenvalue weighted by molar-refractivity contribution is 0.00516. The second-order valence-electron chi connectivity index (χ2n) is 6.42. The van der Waals surface area contributed by atoms with Crippen LogP contribution in [-0.2, 0) is 11.3 Å². The molecule has 2 rings (SSSR count). The number of carbonyl (C=O) groups excluding carboxylic acids is 1. The third-order valence-electron chi connectivity index (χ3n) is 3.36. The highest BCUT2D eigenvalue weighted by Gasteiger charge is 2.33. The molecule has 1 amide bonds. The Hall–Kier alpha value is -1.27. The lowest BCUT2D eigenvalue weighted by Crippen LogP contribution is -2.60. The summed E-state index contributed by atoms with van der Waals surface area (Å²) in [6.45, 7) is 7.67. The molecule has 1 aromatic rings. The zero-order chi connectivity index (χ0) is 16.3. The van der Waals surface area contributed by atoms with Gasteiger partial charge in [-0.1, -0.05) is 15.9 Å². The SMILES string of the molecule is COc1ccc(Br)cc1CNC1CN(C(=O)OC(C)(C)C)C1. The van der Waals surface area contributed by atoms with Crippen molar-refractivity contribution in [2.45, 2.75) is 39.0 Å². The Morgan fingerprint density at radius 2 is 2.09 bits per heavy atom. The predicted molar refractivity (Wildman–Crippen MR) is 89.1 cm³/mol. The maximum Gasteiger partial charge on any atom is 0.410 e. The van der Waals surface area contributed by atoms with Crippen molar-refractivity contribution in [2.24, 2.45) is 0 Å². The Labute approximate surface area is 140 Å². The van der Waals surface area contributed by atoms with E-state index in [0.29, 0.717) is 19.6 Å². The highest BCUT2D eigenvalue weighted by Crippen LogP contribution is 2.23. The van der Waals surface area contributed by atoms with Crippen LogP contribution in [0.3, 0.4) is 0 Å². The van der Waals surface area contributed by atoms with Gasteiger partial charge in [0, 0.05) is 35.7 Å². The fourth-order valence-electron chi connectivity index (χ4n) is 2.22. The van der Waals surface area contributed by atoms with Crippen LogP contribution in [0.1, 0.15) is 26.3 Å². The number of ether oxygens (including phenoxy) is 2. The molecule has 1 aromatic carbocycles. The van der Waals surface area contributed by atoms with Crippen molar-refractivity contribution < 1.29 is 14.3 Å². The maximum absolute atomic E-state index is 11.9. The molecule has 1 heterocycles. The second kappa shape index (κ2) is 6.87. The fraction of sp³-hybridized carbons (Fsp3) is 0.562. The minimum absolute atomic E-state index is 0.245. The number of hydrogen-bond acceptors (Lipinski definition) is 4. The maximum atomic E-state index is 11.9. The summed E-state index contributed by atoms with van der Waals surface area (Å²) in [6.07, 6.45) is -0.245. The minimum Gasteiger partial charge on any atom is -0.496 e. The molecule has 1 saturated heterocycles. The van der Waals surface area contributed by atoms with Crippen molar-refractivity contribution in [2.75, 3.05) is 20.2 Å². The van der Waals surface area contributed by atoms with E-state index in [9.17, 15) is 4.79 Å². The normalized spacial score (nSPS) is 15.4. The molecule has 0 atom stereocenters. The van der Waals surface area contributed by atoms with Gasteiger partial charge >= 0.3 is 6.09 Å². The Morgan fingerprint density at radius 3 is 2.68 bits per heavy atom. The molecule has 6 heteroatoms. The van der Waals surface area contributed by atoms with Crippen LogP contribution in [0.4, 0.5) is 4.79 Å². The summed E-state index contributed by atoms with van der Waals surface area (Å²) in [6, 6.07) is 6.22. The van der Waals surface area contributed by atoms with E-state index in [1.54, 1.807) is 12.0 Å². The van der Waals surface area contributed by atoms with Crippen molar-refractivity contribution in [1.82, 2.24) is 10.2 Å². The largest absolute Gasteiger partial charge is 0.496 e. The van der Waals surface area contributed by atoms with Gasteiger partial charge in [-0.3, -0.25) is 0 Å². The first kappa shape index (κ1) is 17.1. The molecular weight excluding hydrogens is 348 g/mol. The van der Waals surface area contributed by atoms with Crippen LogP contribution in [0, 0.1) is 0 Å². The van der Waals surface area contributed by atoms with E-state index >= 15 is 0 Å². The number of halogens is 1. The zero-order valence-electron chi connectivity index (χ0n) is 13.5. The fourth-order valence-corrected chi connectivity index (χ4v) is 2.63. The Morgan fingerprint density at radius 1 is 1.41 bits per heavy atom. The molecule has 0 aromatic heterocycles. The molecule has 22 heavy (non-hydrogen) atoms. The molecule has 0 aliphatic carbocycles. The molecule has 0 unspecified atom stereocenters. The lowest BCUT2D eigenvalue weighted by Gasteiger charge is -2.40. The van der Waals surface area contributed by atoms with Crippen LogP contribution in [0.5, 0.6) is 5.75 Å². The summed E-state index contributed by atoms with van der Waals surface area (Å²) in [4.78, 5) is 13.6. The van der Waals surface area contributed by atoms with Gasteiger partial charge in [0.05, 0.1) is 7.11 Å². The Kier molecular flexibility index (Phi) is 5.34. The number of rotatable bonds is 4. The number of nitrogens with zero attached hydrogens (tertiary/aromatic N) is 1. The third-order valence-corrected chi connectivity index (χ3v) is 3.85.